The van der Waals surface area contributed by atoms with Crippen molar-refractivity contribution in [3.05, 3.63) is 42.0 Å². The molecule has 0 aliphatic rings. The van der Waals surface area contributed by atoms with Gasteiger partial charge in [-0.3, -0.25) is 0 Å². The number of rotatable bonds is 1. The standard InChI is InChI=1S/C12H7F4N5/c13-6-1-4-9(18-5-6)21-10-7(19-11(21)17)2-3-8(20-10)12(14,15)16/h1-5H,(H2,17,19). The summed E-state index contributed by atoms with van der Waals surface area (Å²) in [5.74, 6) is -0.537. The van der Waals surface area contributed by atoms with Gasteiger partial charge in [0.25, 0.3) is 0 Å². The van der Waals surface area contributed by atoms with Gasteiger partial charge in [0.15, 0.2) is 5.65 Å². The lowest BCUT2D eigenvalue weighted by Gasteiger charge is -2.07. The van der Waals surface area contributed by atoms with Crippen molar-refractivity contribution in [1.29, 1.82) is 0 Å². The van der Waals surface area contributed by atoms with Crippen LogP contribution >= 0.6 is 0 Å². The van der Waals surface area contributed by atoms with Crippen LogP contribution in [-0.2, 0) is 6.18 Å². The predicted molar refractivity (Wildman–Crippen MR) is 66.0 cm³/mol. The maximum Gasteiger partial charge on any atom is 0.433 e. The van der Waals surface area contributed by atoms with Gasteiger partial charge in [0.1, 0.15) is 22.8 Å². The molecule has 9 heteroatoms. The van der Waals surface area contributed by atoms with E-state index in [0.29, 0.717) is 0 Å². The van der Waals surface area contributed by atoms with Crippen molar-refractivity contribution in [2.75, 3.05) is 5.73 Å². The monoisotopic (exact) mass is 297 g/mol. The minimum Gasteiger partial charge on any atom is -0.369 e. The van der Waals surface area contributed by atoms with Crippen LogP contribution in [0.4, 0.5) is 23.5 Å². The van der Waals surface area contributed by atoms with Crippen molar-refractivity contribution in [3.63, 3.8) is 0 Å². The van der Waals surface area contributed by atoms with Gasteiger partial charge in [0.05, 0.1) is 6.20 Å². The summed E-state index contributed by atoms with van der Waals surface area (Å²) in [6, 6.07) is 4.37. The molecule has 21 heavy (non-hydrogen) atoms. The Bertz CT molecular complexity index is 807. The first kappa shape index (κ1) is 13.3. The Morgan fingerprint density at radius 3 is 2.43 bits per heavy atom. The van der Waals surface area contributed by atoms with E-state index in [1.807, 2.05) is 0 Å². The van der Waals surface area contributed by atoms with Gasteiger partial charge in [-0.25, -0.2) is 23.9 Å². The van der Waals surface area contributed by atoms with Crippen LogP contribution in [-0.4, -0.2) is 19.5 Å². The van der Waals surface area contributed by atoms with Gasteiger partial charge in [-0.05, 0) is 24.3 Å². The number of nitrogen functional groups attached to an aromatic ring is 1. The van der Waals surface area contributed by atoms with Gasteiger partial charge in [0.2, 0.25) is 5.95 Å². The molecule has 0 saturated heterocycles. The number of nitrogens with zero attached hydrogens (tertiary/aromatic N) is 4. The Morgan fingerprint density at radius 1 is 1.05 bits per heavy atom. The van der Waals surface area contributed by atoms with Gasteiger partial charge >= 0.3 is 6.18 Å². The van der Waals surface area contributed by atoms with E-state index < -0.39 is 17.7 Å². The highest BCUT2D eigenvalue weighted by molar-refractivity contribution is 5.76. The molecule has 3 aromatic heterocycles. The molecule has 3 heterocycles. The fraction of sp³-hybridized carbons (Fsp3) is 0.0833. The van der Waals surface area contributed by atoms with Gasteiger partial charge in [-0.1, -0.05) is 0 Å². The van der Waals surface area contributed by atoms with E-state index in [9.17, 15) is 17.6 Å². The van der Waals surface area contributed by atoms with Crippen LogP contribution in [0.3, 0.4) is 0 Å². The molecule has 0 radical (unpaired) electrons. The fourth-order valence-electron chi connectivity index (χ4n) is 1.86. The summed E-state index contributed by atoms with van der Waals surface area (Å²) in [6.45, 7) is 0. The Morgan fingerprint density at radius 2 is 1.81 bits per heavy atom. The zero-order valence-corrected chi connectivity index (χ0v) is 10.3. The largest absolute Gasteiger partial charge is 0.433 e. The lowest BCUT2D eigenvalue weighted by molar-refractivity contribution is -0.141. The highest BCUT2D eigenvalue weighted by Gasteiger charge is 2.33. The highest BCUT2D eigenvalue weighted by atomic mass is 19.4. The third-order valence-electron chi connectivity index (χ3n) is 2.76. The Labute approximate surface area is 115 Å². The number of halogens is 4. The number of aromatic nitrogens is 4. The van der Waals surface area contributed by atoms with Crippen molar-refractivity contribution >= 4 is 17.1 Å². The lowest BCUT2D eigenvalue weighted by Crippen LogP contribution is -2.09. The van der Waals surface area contributed by atoms with Crippen LogP contribution in [0.5, 0.6) is 0 Å². The summed E-state index contributed by atoms with van der Waals surface area (Å²) in [4.78, 5) is 11.2. The topological polar surface area (TPSA) is 69.6 Å². The molecule has 0 spiro atoms. The minimum atomic E-state index is -4.59. The van der Waals surface area contributed by atoms with Crippen LogP contribution in [0.25, 0.3) is 17.0 Å². The van der Waals surface area contributed by atoms with E-state index >= 15 is 0 Å². The van der Waals surface area contributed by atoms with Crippen LogP contribution in [0.1, 0.15) is 5.69 Å². The molecule has 0 fully saturated rings. The van der Waals surface area contributed by atoms with Gasteiger partial charge in [-0.2, -0.15) is 13.2 Å². The van der Waals surface area contributed by atoms with Gasteiger partial charge < -0.3 is 5.73 Å². The lowest BCUT2D eigenvalue weighted by atomic mass is 10.3. The number of hydrogen-bond donors (Lipinski definition) is 1. The van der Waals surface area contributed by atoms with E-state index in [1.165, 1.54) is 12.1 Å². The highest BCUT2D eigenvalue weighted by Crippen LogP contribution is 2.30. The summed E-state index contributed by atoms with van der Waals surface area (Å²) in [5.41, 5.74) is 4.70. The number of fused-ring (bicyclic) bond motifs is 1. The second kappa shape index (κ2) is 4.40. The van der Waals surface area contributed by atoms with Gasteiger partial charge in [-0.15, -0.1) is 0 Å². The minimum absolute atomic E-state index is 0.0871. The molecule has 0 bridgehead atoms. The maximum atomic E-state index is 12.9. The van der Waals surface area contributed by atoms with Crippen LogP contribution in [0.15, 0.2) is 30.5 Å². The maximum absolute atomic E-state index is 12.9. The molecule has 0 unspecified atom stereocenters. The average molecular weight is 297 g/mol. The molecule has 0 amide bonds. The van der Waals surface area contributed by atoms with E-state index in [0.717, 1.165) is 22.9 Å². The second-order valence-electron chi connectivity index (χ2n) is 4.18. The average Bonchev–Trinajstić information content (AvgIpc) is 2.74. The summed E-state index contributed by atoms with van der Waals surface area (Å²) >= 11 is 0. The molecule has 0 aliphatic carbocycles. The SMILES string of the molecule is Nc1nc2ccc(C(F)(F)F)nc2n1-c1ccc(F)cn1. The molecule has 5 nitrogen and oxygen atoms in total. The Kier molecular flexibility index (Phi) is 2.78. The first-order valence-electron chi connectivity index (χ1n) is 5.70. The third kappa shape index (κ3) is 2.26. The molecule has 3 rings (SSSR count). The first-order valence-corrected chi connectivity index (χ1v) is 5.70. The zero-order valence-electron chi connectivity index (χ0n) is 10.3. The fourth-order valence-corrected chi connectivity index (χ4v) is 1.86. The van der Waals surface area contributed by atoms with Crippen molar-refractivity contribution in [2.24, 2.45) is 0 Å². The molecular weight excluding hydrogens is 290 g/mol. The first-order chi connectivity index (χ1) is 9.86. The summed E-state index contributed by atoms with van der Waals surface area (Å²) in [5, 5.41) is 0. The quantitative estimate of drug-likeness (QED) is 0.701. The Hall–Kier alpha value is -2.71. The van der Waals surface area contributed by atoms with E-state index in [4.69, 9.17) is 5.73 Å². The molecule has 0 saturated carbocycles. The van der Waals surface area contributed by atoms with Crippen molar-refractivity contribution in [3.8, 4) is 5.82 Å². The number of pyridine rings is 2. The summed E-state index contributed by atoms with van der Waals surface area (Å²) in [6.07, 6.45) is -3.66. The predicted octanol–water partition coefficient (Wildman–Crippen LogP) is 2.56. The van der Waals surface area contributed by atoms with Crippen LogP contribution < -0.4 is 5.73 Å². The molecule has 0 atom stereocenters. The number of hydrogen-bond acceptors (Lipinski definition) is 4. The normalized spacial score (nSPS) is 12.0. The smallest absolute Gasteiger partial charge is 0.369 e. The van der Waals surface area contributed by atoms with Crippen molar-refractivity contribution in [2.45, 2.75) is 6.18 Å². The van der Waals surface area contributed by atoms with Crippen molar-refractivity contribution < 1.29 is 17.6 Å². The number of alkyl halides is 3. The number of anilines is 1. The van der Waals surface area contributed by atoms with E-state index in [2.05, 4.69) is 15.0 Å². The number of nitrogens with two attached hydrogens (primary N) is 1. The molecule has 108 valence electrons. The summed E-state index contributed by atoms with van der Waals surface area (Å²) in [7, 11) is 0. The van der Waals surface area contributed by atoms with E-state index in [1.54, 1.807) is 0 Å². The molecule has 0 aromatic carbocycles. The second-order valence-corrected chi connectivity index (χ2v) is 4.18. The van der Waals surface area contributed by atoms with Crippen LogP contribution in [0.2, 0.25) is 0 Å². The van der Waals surface area contributed by atoms with Crippen molar-refractivity contribution in [1.82, 2.24) is 19.5 Å². The summed E-state index contributed by atoms with van der Waals surface area (Å²) < 4.78 is 52.2. The van der Waals surface area contributed by atoms with Gasteiger partial charge in [0, 0.05) is 0 Å². The Balaban J connectivity index is 2.26. The third-order valence-corrected chi connectivity index (χ3v) is 2.76. The molecular formula is C12H7F4N5. The number of imidazole rings is 1. The van der Waals surface area contributed by atoms with E-state index in [-0.39, 0.29) is 22.9 Å². The molecule has 3 aromatic rings. The molecule has 0 aliphatic heterocycles. The zero-order chi connectivity index (χ0) is 15.2. The van der Waals surface area contributed by atoms with Crippen LogP contribution in [0, 0.1) is 5.82 Å². The molecule has 2 N–H and O–H groups in total.